The van der Waals surface area contributed by atoms with Crippen molar-refractivity contribution in [3.63, 3.8) is 0 Å². The summed E-state index contributed by atoms with van der Waals surface area (Å²) in [6, 6.07) is 4.67. The van der Waals surface area contributed by atoms with E-state index in [9.17, 15) is 0 Å². The summed E-state index contributed by atoms with van der Waals surface area (Å²) in [5, 5.41) is 3.39. The maximum atomic E-state index is 5.83. The largest absolute Gasteiger partial charge is 0.315 e. The minimum atomic E-state index is 0.590. The van der Waals surface area contributed by atoms with E-state index in [1.807, 2.05) is 6.07 Å². The summed E-state index contributed by atoms with van der Waals surface area (Å²) < 4.78 is 0.895. The highest BCUT2D eigenvalue weighted by atomic mass is 35.5. The molecule has 0 spiro atoms. The highest BCUT2D eigenvalue weighted by molar-refractivity contribution is 7.16. The van der Waals surface area contributed by atoms with Gasteiger partial charge in [0.15, 0.2) is 0 Å². The summed E-state index contributed by atoms with van der Waals surface area (Å²) in [5.74, 6) is 0. The predicted octanol–water partition coefficient (Wildman–Crippen LogP) is 3.33. The van der Waals surface area contributed by atoms with Crippen LogP contribution in [0.4, 0.5) is 0 Å². The molecule has 1 heterocycles. The molecule has 0 saturated heterocycles. The number of thiophene rings is 1. The third-order valence-electron chi connectivity index (χ3n) is 1.78. The van der Waals surface area contributed by atoms with Crippen molar-refractivity contribution < 1.29 is 0 Å². The van der Waals surface area contributed by atoms with Crippen molar-refractivity contribution in [2.45, 2.75) is 32.7 Å². The zero-order chi connectivity index (χ0) is 9.68. The highest BCUT2D eigenvalue weighted by Crippen LogP contribution is 2.22. The molecule has 1 N–H and O–H groups in total. The molecule has 0 unspecified atom stereocenters. The number of halogens is 1. The van der Waals surface area contributed by atoms with Crippen LogP contribution in [-0.4, -0.2) is 12.6 Å². The number of hydrogen-bond acceptors (Lipinski definition) is 2. The lowest BCUT2D eigenvalue weighted by atomic mass is 10.2. The molecular formula is C10H16ClNS. The Morgan fingerprint density at radius 2 is 2.23 bits per heavy atom. The van der Waals surface area contributed by atoms with Crippen molar-refractivity contribution in [2.24, 2.45) is 0 Å². The van der Waals surface area contributed by atoms with Gasteiger partial charge >= 0.3 is 0 Å². The Kier molecular flexibility index (Phi) is 4.78. The van der Waals surface area contributed by atoms with Gasteiger partial charge in [0, 0.05) is 10.9 Å². The lowest BCUT2D eigenvalue weighted by Crippen LogP contribution is -2.23. The van der Waals surface area contributed by atoms with E-state index in [0.29, 0.717) is 6.04 Å². The molecule has 1 aromatic heterocycles. The average molecular weight is 218 g/mol. The Morgan fingerprint density at radius 3 is 2.77 bits per heavy atom. The van der Waals surface area contributed by atoms with Gasteiger partial charge in [0.05, 0.1) is 4.34 Å². The molecule has 1 rings (SSSR count). The summed E-state index contributed by atoms with van der Waals surface area (Å²) in [7, 11) is 0. The molecule has 0 radical (unpaired) electrons. The minimum Gasteiger partial charge on any atom is -0.315 e. The second kappa shape index (κ2) is 5.63. The SMILES string of the molecule is CC(C)NCCCc1ccc(Cl)s1. The molecule has 0 aliphatic rings. The first kappa shape index (κ1) is 11.0. The monoisotopic (exact) mass is 217 g/mol. The molecule has 1 aromatic rings. The van der Waals surface area contributed by atoms with Gasteiger partial charge in [0.1, 0.15) is 0 Å². The lowest BCUT2D eigenvalue weighted by Gasteiger charge is -2.06. The molecular weight excluding hydrogens is 202 g/mol. The molecule has 3 heteroatoms. The molecule has 0 amide bonds. The second-order valence-corrected chi connectivity index (χ2v) is 5.22. The molecule has 0 bridgehead atoms. The van der Waals surface area contributed by atoms with Crippen LogP contribution in [0.5, 0.6) is 0 Å². The van der Waals surface area contributed by atoms with E-state index >= 15 is 0 Å². The van der Waals surface area contributed by atoms with Crippen molar-refractivity contribution in [1.29, 1.82) is 0 Å². The van der Waals surface area contributed by atoms with Gasteiger partial charge in [-0.1, -0.05) is 25.4 Å². The summed E-state index contributed by atoms with van der Waals surface area (Å²) >= 11 is 7.51. The number of aryl methyl sites for hydroxylation is 1. The topological polar surface area (TPSA) is 12.0 Å². The zero-order valence-electron chi connectivity index (χ0n) is 8.14. The van der Waals surface area contributed by atoms with Crippen molar-refractivity contribution in [3.05, 3.63) is 21.3 Å². The first-order chi connectivity index (χ1) is 6.18. The van der Waals surface area contributed by atoms with Gasteiger partial charge < -0.3 is 5.32 Å². The van der Waals surface area contributed by atoms with E-state index < -0.39 is 0 Å². The summed E-state index contributed by atoms with van der Waals surface area (Å²) in [6.45, 7) is 5.43. The Bertz CT molecular complexity index is 245. The smallest absolute Gasteiger partial charge is 0.0931 e. The van der Waals surface area contributed by atoms with Crippen LogP contribution >= 0.6 is 22.9 Å². The Balaban J connectivity index is 2.13. The van der Waals surface area contributed by atoms with E-state index in [0.717, 1.165) is 17.3 Å². The summed E-state index contributed by atoms with van der Waals surface area (Å²) in [6.07, 6.45) is 2.33. The average Bonchev–Trinajstić information content (AvgIpc) is 2.45. The van der Waals surface area contributed by atoms with Crippen molar-refractivity contribution in [2.75, 3.05) is 6.54 Å². The van der Waals surface area contributed by atoms with Crippen molar-refractivity contribution >= 4 is 22.9 Å². The van der Waals surface area contributed by atoms with Crippen LogP contribution in [0.3, 0.4) is 0 Å². The van der Waals surface area contributed by atoms with E-state index in [-0.39, 0.29) is 0 Å². The molecule has 0 aromatic carbocycles. The zero-order valence-corrected chi connectivity index (χ0v) is 9.71. The van der Waals surface area contributed by atoms with Crippen LogP contribution < -0.4 is 5.32 Å². The van der Waals surface area contributed by atoms with E-state index in [4.69, 9.17) is 11.6 Å². The fourth-order valence-electron chi connectivity index (χ4n) is 1.14. The molecule has 0 atom stereocenters. The number of rotatable bonds is 5. The Hall–Kier alpha value is -0.0500. The number of hydrogen-bond donors (Lipinski definition) is 1. The van der Waals surface area contributed by atoms with Gasteiger partial charge in [0.2, 0.25) is 0 Å². The van der Waals surface area contributed by atoms with E-state index in [1.54, 1.807) is 11.3 Å². The van der Waals surface area contributed by atoms with Crippen LogP contribution in [-0.2, 0) is 6.42 Å². The quantitative estimate of drug-likeness (QED) is 0.747. The number of nitrogens with one attached hydrogen (secondary N) is 1. The molecule has 0 fully saturated rings. The fourth-order valence-corrected chi connectivity index (χ4v) is 2.27. The van der Waals surface area contributed by atoms with Gasteiger partial charge in [-0.25, -0.2) is 0 Å². The first-order valence-electron chi connectivity index (χ1n) is 4.66. The molecule has 0 aliphatic heterocycles. The Labute approximate surface area is 89.1 Å². The predicted molar refractivity (Wildman–Crippen MR) is 60.8 cm³/mol. The maximum Gasteiger partial charge on any atom is 0.0931 e. The lowest BCUT2D eigenvalue weighted by molar-refractivity contribution is 0.571. The third-order valence-corrected chi connectivity index (χ3v) is 3.07. The van der Waals surface area contributed by atoms with Crippen molar-refractivity contribution in [3.8, 4) is 0 Å². The molecule has 74 valence electrons. The van der Waals surface area contributed by atoms with Gasteiger partial charge in [-0.05, 0) is 31.5 Å². The van der Waals surface area contributed by atoms with Gasteiger partial charge in [0.25, 0.3) is 0 Å². The minimum absolute atomic E-state index is 0.590. The van der Waals surface area contributed by atoms with E-state index in [1.165, 1.54) is 11.3 Å². The van der Waals surface area contributed by atoms with E-state index in [2.05, 4.69) is 25.2 Å². The first-order valence-corrected chi connectivity index (χ1v) is 5.85. The molecule has 0 saturated carbocycles. The maximum absolute atomic E-state index is 5.83. The van der Waals surface area contributed by atoms with Crippen LogP contribution in [0.25, 0.3) is 0 Å². The van der Waals surface area contributed by atoms with Crippen LogP contribution in [0.15, 0.2) is 12.1 Å². The highest BCUT2D eigenvalue weighted by Gasteiger charge is 1.97. The molecule has 13 heavy (non-hydrogen) atoms. The van der Waals surface area contributed by atoms with Crippen LogP contribution in [0.1, 0.15) is 25.1 Å². The second-order valence-electron chi connectivity index (χ2n) is 3.42. The van der Waals surface area contributed by atoms with Crippen molar-refractivity contribution in [1.82, 2.24) is 5.32 Å². The summed E-state index contributed by atoms with van der Waals surface area (Å²) in [5.41, 5.74) is 0. The van der Waals surface area contributed by atoms with Crippen LogP contribution in [0.2, 0.25) is 4.34 Å². The molecule has 1 nitrogen and oxygen atoms in total. The van der Waals surface area contributed by atoms with Crippen LogP contribution in [0, 0.1) is 0 Å². The standard InChI is InChI=1S/C10H16ClNS/c1-8(2)12-7-3-4-9-5-6-10(11)13-9/h5-6,8,12H,3-4,7H2,1-2H3. The fraction of sp³-hybridized carbons (Fsp3) is 0.600. The Morgan fingerprint density at radius 1 is 1.46 bits per heavy atom. The van der Waals surface area contributed by atoms with Gasteiger partial charge in [-0.2, -0.15) is 0 Å². The summed E-state index contributed by atoms with van der Waals surface area (Å²) in [4.78, 5) is 1.38. The normalized spacial score (nSPS) is 11.1. The third kappa shape index (κ3) is 4.65. The van der Waals surface area contributed by atoms with Gasteiger partial charge in [-0.15, -0.1) is 11.3 Å². The van der Waals surface area contributed by atoms with Gasteiger partial charge in [-0.3, -0.25) is 0 Å². The molecule has 0 aliphatic carbocycles.